The van der Waals surface area contributed by atoms with Crippen LogP contribution in [0.15, 0.2) is 0 Å². The molecule has 0 heterocycles. The van der Waals surface area contributed by atoms with Gasteiger partial charge in [-0.3, -0.25) is 0 Å². The van der Waals surface area contributed by atoms with E-state index in [4.69, 9.17) is 14.2 Å². The maximum absolute atomic E-state index is 5.52. The minimum atomic E-state index is 0.232. The molecule has 0 amide bonds. The Hall–Kier alpha value is -0.120. The Kier molecular flexibility index (Phi) is 9.67. The van der Waals surface area contributed by atoms with Gasteiger partial charge in [-0.15, -0.1) is 0 Å². The van der Waals surface area contributed by atoms with Gasteiger partial charge in [-0.1, -0.05) is 41.5 Å². The van der Waals surface area contributed by atoms with E-state index < -0.39 is 0 Å². The van der Waals surface area contributed by atoms with E-state index in [1.165, 1.54) is 6.42 Å². The van der Waals surface area contributed by atoms with Crippen molar-refractivity contribution in [3.8, 4) is 0 Å². The van der Waals surface area contributed by atoms with Gasteiger partial charge in [-0.25, -0.2) is 0 Å². The summed E-state index contributed by atoms with van der Waals surface area (Å²) in [5.41, 5.74) is 0.639. The lowest BCUT2D eigenvalue weighted by Crippen LogP contribution is -2.17. The van der Waals surface area contributed by atoms with Crippen molar-refractivity contribution in [2.45, 2.75) is 54.4 Å². The summed E-state index contributed by atoms with van der Waals surface area (Å²) in [5, 5.41) is 0. The molecule has 0 rings (SSSR count). The first kappa shape index (κ1) is 18.9. The number of hydrogen-bond donors (Lipinski definition) is 0. The lowest BCUT2D eigenvalue weighted by atomic mass is 9.91. The maximum Gasteiger partial charge on any atom is 0.0701 e. The molecular weight excluding hydrogens is 240 g/mol. The van der Waals surface area contributed by atoms with Gasteiger partial charge in [0.25, 0.3) is 0 Å². The summed E-state index contributed by atoms with van der Waals surface area (Å²) in [6, 6.07) is 0. The molecule has 0 aliphatic heterocycles. The van der Waals surface area contributed by atoms with Crippen molar-refractivity contribution in [3.05, 3.63) is 0 Å². The van der Waals surface area contributed by atoms with Gasteiger partial charge in [0.05, 0.1) is 33.0 Å². The smallest absolute Gasteiger partial charge is 0.0701 e. The Labute approximate surface area is 120 Å². The Bertz CT molecular complexity index is 179. The molecule has 0 N–H and O–H groups in total. The zero-order chi connectivity index (χ0) is 14.8. The first-order valence-corrected chi connectivity index (χ1v) is 7.44. The van der Waals surface area contributed by atoms with E-state index in [2.05, 4.69) is 41.5 Å². The fourth-order valence-corrected chi connectivity index (χ4v) is 1.52. The van der Waals surface area contributed by atoms with E-state index in [0.717, 1.165) is 19.6 Å². The van der Waals surface area contributed by atoms with Gasteiger partial charge >= 0.3 is 0 Å². The average Bonchev–Trinajstić information content (AvgIpc) is 2.22. The van der Waals surface area contributed by atoms with Crippen molar-refractivity contribution in [3.63, 3.8) is 0 Å². The van der Waals surface area contributed by atoms with Crippen molar-refractivity contribution < 1.29 is 14.2 Å². The van der Waals surface area contributed by atoms with E-state index in [1.54, 1.807) is 0 Å². The Morgan fingerprint density at radius 1 is 0.579 bits per heavy atom. The van der Waals surface area contributed by atoms with Crippen LogP contribution in [0.5, 0.6) is 0 Å². The van der Waals surface area contributed by atoms with Crippen LogP contribution in [0, 0.1) is 10.8 Å². The molecule has 116 valence electrons. The zero-order valence-corrected chi connectivity index (χ0v) is 13.9. The summed E-state index contributed by atoms with van der Waals surface area (Å²) in [5.74, 6) is 0. The molecule has 19 heavy (non-hydrogen) atoms. The van der Waals surface area contributed by atoms with Gasteiger partial charge in [0.15, 0.2) is 0 Å². The zero-order valence-electron chi connectivity index (χ0n) is 13.9. The van der Waals surface area contributed by atoms with Crippen molar-refractivity contribution >= 4 is 0 Å². The van der Waals surface area contributed by atoms with E-state index in [1.807, 2.05) is 0 Å². The normalized spacial score (nSPS) is 12.9. The van der Waals surface area contributed by atoms with E-state index >= 15 is 0 Å². The third-order valence-corrected chi connectivity index (χ3v) is 2.49. The Balaban J connectivity index is 3.12. The van der Waals surface area contributed by atoms with Gasteiger partial charge in [0.1, 0.15) is 0 Å². The van der Waals surface area contributed by atoms with Crippen molar-refractivity contribution in [2.75, 3.05) is 39.6 Å². The summed E-state index contributed by atoms with van der Waals surface area (Å²) >= 11 is 0. The Morgan fingerprint density at radius 3 is 1.53 bits per heavy atom. The monoisotopic (exact) mass is 274 g/mol. The largest absolute Gasteiger partial charge is 0.379 e. The molecule has 3 heteroatoms. The van der Waals surface area contributed by atoms with Crippen molar-refractivity contribution in [1.29, 1.82) is 0 Å². The van der Waals surface area contributed by atoms with Gasteiger partial charge in [0, 0.05) is 6.61 Å². The highest BCUT2D eigenvalue weighted by atomic mass is 16.5. The maximum atomic E-state index is 5.52. The predicted octanol–water partition coefficient (Wildman–Crippen LogP) is 3.91. The molecule has 0 saturated carbocycles. The highest BCUT2D eigenvalue weighted by Crippen LogP contribution is 2.20. The van der Waals surface area contributed by atoms with Gasteiger partial charge in [-0.2, -0.15) is 0 Å². The quantitative estimate of drug-likeness (QED) is 0.565. The van der Waals surface area contributed by atoms with Crippen LogP contribution in [0.2, 0.25) is 0 Å². The second kappa shape index (κ2) is 9.73. The van der Waals surface area contributed by atoms with Gasteiger partial charge < -0.3 is 14.2 Å². The van der Waals surface area contributed by atoms with E-state index in [0.29, 0.717) is 31.8 Å². The summed E-state index contributed by atoms with van der Waals surface area (Å²) in [6.45, 7) is 17.5. The molecule has 0 spiro atoms. The molecule has 3 nitrogen and oxygen atoms in total. The number of hydrogen-bond acceptors (Lipinski definition) is 3. The molecule has 0 bridgehead atoms. The first-order chi connectivity index (χ1) is 8.71. The van der Waals surface area contributed by atoms with Crippen LogP contribution in [0.4, 0.5) is 0 Å². The molecule has 0 fully saturated rings. The molecule has 0 atom stereocenters. The minimum absolute atomic E-state index is 0.232. The van der Waals surface area contributed by atoms with Crippen LogP contribution in [0.25, 0.3) is 0 Å². The molecule has 0 saturated heterocycles. The fourth-order valence-electron chi connectivity index (χ4n) is 1.52. The summed E-state index contributed by atoms with van der Waals surface area (Å²) in [6.07, 6.45) is 2.33. The van der Waals surface area contributed by atoms with Crippen LogP contribution in [-0.2, 0) is 14.2 Å². The SMILES string of the molecule is CC(C)(C)CCCOCCOCCOCC(C)(C)C. The molecule has 0 aromatic carbocycles. The van der Waals surface area contributed by atoms with Gasteiger partial charge in [0.2, 0.25) is 0 Å². The molecular formula is C16H34O3. The summed E-state index contributed by atoms with van der Waals surface area (Å²) in [7, 11) is 0. The molecule has 0 aromatic rings. The molecule has 0 unspecified atom stereocenters. The number of ether oxygens (including phenoxy) is 3. The molecule has 0 radical (unpaired) electrons. The van der Waals surface area contributed by atoms with E-state index in [-0.39, 0.29) is 5.41 Å². The van der Waals surface area contributed by atoms with Crippen molar-refractivity contribution in [2.24, 2.45) is 10.8 Å². The van der Waals surface area contributed by atoms with Crippen LogP contribution < -0.4 is 0 Å². The first-order valence-electron chi connectivity index (χ1n) is 7.44. The fraction of sp³-hybridized carbons (Fsp3) is 1.00. The standard InChI is InChI=1S/C16H34O3/c1-15(2,3)8-7-9-17-10-11-18-12-13-19-14-16(4,5)6/h7-14H2,1-6H3. The van der Waals surface area contributed by atoms with Gasteiger partial charge in [-0.05, 0) is 23.7 Å². The highest BCUT2D eigenvalue weighted by molar-refractivity contribution is 4.60. The Morgan fingerprint density at radius 2 is 1.05 bits per heavy atom. The van der Waals surface area contributed by atoms with Crippen LogP contribution in [0.3, 0.4) is 0 Å². The second-order valence-electron chi connectivity index (χ2n) is 7.50. The molecule has 0 aliphatic rings. The topological polar surface area (TPSA) is 27.7 Å². The van der Waals surface area contributed by atoms with Crippen LogP contribution in [-0.4, -0.2) is 39.6 Å². The number of rotatable bonds is 10. The second-order valence-corrected chi connectivity index (χ2v) is 7.50. The third kappa shape index (κ3) is 17.9. The summed E-state index contributed by atoms with van der Waals surface area (Å²) < 4.78 is 16.5. The third-order valence-electron chi connectivity index (χ3n) is 2.49. The van der Waals surface area contributed by atoms with Crippen molar-refractivity contribution in [1.82, 2.24) is 0 Å². The molecule has 0 aliphatic carbocycles. The highest BCUT2D eigenvalue weighted by Gasteiger charge is 2.09. The summed E-state index contributed by atoms with van der Waals surface area (Å²) in [4.78, 5) is 0. The van der Waals surface area contributed by atoms with E-state index in [9.17, 15) is 0 Å². The lowest BCUT2D eigenvalue weighted by molar-refractivity contribution is -0.00160. The van der Waals surface area contributed by atoms with Crippen LogP contribution in [0.1, 0.15) is 54.4 Å². The average molecular weight is 274 g/mol. The molecule has 0 aromatic heterocycles. The van der Waals surface area contributed by atoms with Crippen LogP contribution >= 0.6 is 0 Å². The minimum Gasteiger partial charge on any atom is -0.379 e. The lowest BCUT2D eigenvalue weighted by Gasteiger charge is -2.18. The predicted molar refractivity (Wildman–Crippen MR) is 80.6 cm³/mol.